The lowest BCUT2D eigenvalue weighted by molar-refractivity contribution is -0.144. The first-order valence-corrected chi connectivity index (χ1v) is 8.81. The molecule has 0 radical (unpaired) electrons. The third-order valence-corrected chi connectivity index (χ3v) is 6.29. The number of amides is 1. The normalized spacial score (nSPS) is 17.9. The average molecular weight is 317 g/mol. The Labute approximate surface area is 120 Å². The van der Waals surface area contributed by atoms with Crippen LogP contribution >= 0.6 is 11.3 Å². The van der Waals surface area contributed by atoms with Gasteiger partial charge in [0.1, 0.15) is 9.75 Å². The molecular formula is C12H15NO5S2. The summed E-state index contributed by atoms with van der Waals surface area (Å²) in [7, 11) is -3.35. The molecule has 0 aromatic carbocycles. The van der Waals surface area contributed by atoms with E-state index in [2.05, 4.69) is 5.32 Å². The highest BCUT2D eigenvalue weighted by Gasteiger charge is 2.42. The molecule has 0 saturated heterocycles. The summed E-state index contributed by atoms with van der Waals surface area (Å²) < 4.78 is 22.8. The lowest BCUT2D eigenvalue weighted by Crippen LogP contribution is -2.52. The first kappa shape index (κ1) is 15.0. The molecule has 2 N–H and O–H groups in total. The van der Waals surface area contributed by atoms with E-state index in [1.165, 1.54) is 12.1 Å². The maximum atomic E-state index is 12.1. The fraction of sp³-hybridized carbons (Fsp3) is 0.500. The van der Waals surface area contributed by atoms with Gasteiger partial charge in [-0.1, -0.05) is 12.8 Å². The molecule has 1 fully saturated rings. The molecule has 20 heavy (non-hydrogen) atoms. The predicted octanol–water partition coefficient (Wildman–Crippen LogP) is 1.28. The number of carbonyl (C=O) groups is 2. The molecule has 1 aliphatic carbocycles. The van der Waals surface area contributed by atoms with Gasteiger partial charge in [-0.05, 0) is 25.0 Å². The fourth-order valence-corrected chi connectivity index (χ4v) is 4.11. The molecule has 1 amide bonds. The largest absolute Gasteiger partial charge is 0.480 e. The van der Waals surface area contributed by atoms with E-state index in [-0.39, 0.29) is 9.09 Å². The van der Waals surface area contributed by atoms with Crippen LogP contribution in [0.25, 0.3) is 0 Å². The van der Waals surface area contributed by atoms with Crippen LogP contribution in [0.1, 0.15) is 35.4 Å². The third-order valence-electron chi connectivity index (χ3n) is 3.39. The number of carboxylic acid groups (broad SMARTS) is 1. The summed E-state index contributed by atoms with van der Waals surface area (Å²) >= 11 is 0.849. The summed E-state index contributed by atoms with van der Waals surface area (Å²) in [5, 5.41) is 11.8. The lowest BCUT2D eigenvalue weighted by atomic mass is 9.98. The SMILES string of the molecule is CS(=O)(=O)c1ccc(C(=O)NC2(C(=O)O)CCCC2)s1. The molecule has 0 unspecified atom stereocenters. The van der Waals surface area contributed by atoms with Crippen molar-refractivity contribution in [3.8, 4) is 0 Å². The molecule has 1 aliphatic rings. The second-order valence-electron chi connectivity index (χ2n) is 4.94. The van der Waals surface area contributed by atoms with Crippen molar-refractivity contribution in [2.75, 3.05) is 6.26 Å². The van der Waals surface area contributed by atoms with Crippen LogP contribution in [0.5, 0.6) is 0 Å². The zero-order valence-corrected chi connectivity index (χ0v) is 12.5. The van der Waals surface area contributed by atoms with Crippen molar-refractivity contribution in [2.24, 2.45) is 0 Å². The van der Waals surface area contributed by atoms with Gasteiger partial charge in [-0.15, -0.1) is 11.3 Å². The van der Waals surface area contributed by atoms with Crippen LogP contribution in [0.3, 0.4) is 0 Å². The van der Waals surface area contributed by atoms with Crippen molar-refractivity contribution in [1.29, 1.82) is 0 Å². The maximum absolute atomic E-state index is 12.1. The van der Waals surface area contributed by atoms with Gasteiger partial charge in [-0.25, -0.2) is 13.2 Å². The number of carbonyl (C=O) groups excluding carboxylic acids is 1. The number of nitrogens with one attached hydrogen (secondary N) is 1. The van der Waals surface area contributed by atoms with E-state index in [4.69, 9.17) is 0 Å². The van der Waals surface area contributed by atoms with E-state index in [1.54, 1.807) is 0 Å². The molecule has 1 aromatic heterocycles. The number of hydrogen-bond donors (Lipinski definition) is 2. The maximum Gasteiger partial charge on any atom is 0.329 e. The number of sulfone groups is 1. The van der Waals surface area contributed by atoms with Crippen LogP contribution in [0.15, 0.2) is 16.3 Å². The van der Waals surface area contributed by atoms with Gasteiger partial charge < -0.3 is 10.4 Å². The van der Waals surface area contributed by atoms with E-state index >= 15 is 0 Å². The molecule has 1 saturated carbocycles. The Balaban J connectivity index is 2.20. The Morgan fingerprint density at radius 1 is 1.30 bits per heavy atom. The zero-order valence-electron chi connectivity index (χ0n) is 10.9. The quantitative estimate of drug-likeness (QED) is 0.871. The number of carboxylic acids is 1. The van der Waals surface area contributed by atoms with Crippen LogP contribution in [0, 0.1) is 0 Å². The van der Waals surface area contributed by atoms with Gasteiger partial charge in [0.25, 0.3) is 5.91 Å². The number of rotatable bonds is 4. The van der Waals surface area contributed by atoms with Gasteiger partial charge >= 0.3 is 5.97 Å². The number of aliphatic carboxylic acids is 1. The minimum Gasteiger partial charge on any atom is -0.480 e. The van der Waals surface area contributed by atoms with E-state index in [0.717, 1.165) is 30.4 Å². The Morgan fingerprint density at radius 2 is 1.90 bits per heavy atom. The molecule has 2 rings (SSSR count). The number of thiophene rings is 1. The van der Waals surface area contributed by atoms with E-state index < -0.39 is 27.3 Å². The fourth-order valence-electron chi connectivity index (χ4n) is 2.29. The highest BCUT2D eigenvalue weighted by molar-refractivity contribution is 7.92. The van der Waals surface area contributed by atoms with Gasteiger partial charge in [0.05, 0.1) is 4.88 Å². The van der Waals surface area contributed by atoms with E-state index in [1.807, 2.05) is 0 Å². The molecule has 0 bridgehead atoms. The number of hydrogen-bond acceptors (Lipinski definition) is 5. The van der Waals surface area contributed by atoms with Crippen LogP contribution in [-0.4, -0.2) is 37.2 Å². The predicted molar refractivity (Wildman–Crippen MR) is 73.7 cm³/mol. The smallest absolute Gasteiger partial charge is 0.329 e. The third kappa shape index (κ3) is 2.85. The minimum atomic E-state index is -3.35. The second kappa shape index (κ2) is 5.17. The van der Waals surface area contributed by atoms with Crippen molar-refractivity contribution in [1.82, 2.24) is 5.32 Å². The molecule has 1 aromatic rings. The summed E-state index contributed by atoms with van der Waals surface area (Å²) in [6, 6.07) is 2.76. The molecular weight excluding hydrogens is 302 g/mol. The van der Waals surface area contributed by atoms with Crippen LogP contribution < -0.4 is 5.32 Å². The summed E-state index contributed by atoms with van der Waals surface area (Å²) in [4.78, 5) is 23.6. The first-order valence-electron chi connectivity index (χ1n) is 6.10. The van der Waals surface area contributed by atoms with Crippen molar-refractivity contribution in [2.45, 2.75) is 35.4 Å². The zero-order chi connectivity index (χ0) is 15.0. The van der Waals surface area contributed by atoms with Crippen molar-refractivity contribution in [3.05, 3.63) is 17.0 Å². The van der Waals surface area contributed by atoms with Crippen LogP contribution in [0.2, 0.25) is 0 Å². The van der Waals surface area contributed by atoms with Crippen LogP contribution in [-0.2, 0) is 14.6 Å². The molecule has 0 spiro atoms. The summed E-state index contributed by atoms with van der Waals surface area (Å²) in [6.45, 7) is 0. The van der Waals surface area contributed by atoms with Gasteiger partial charge in [-0.2, -0.15) is 0 Å². The average Bonchev–Trinajstić information content (AvgIpc) is 2.96. The molecule has 8 heteroatoms. The lowest BCUT2D eigenvalue weighted by Gasteiger charge is -2.24. The Hall–Kier alpha value is -1.41. The standard InChI is InChI=1S/C12H15NO5S2/c1-20(17,18)9-5-4-8(19-9)10(14)13-12(11(15)16)6-2-3-7-12/h4-5H,2-3,6-7H2,1H3,(H,13,14)(H,15,16). The molecule has 110 valence electrons. The molecule has 6 nitrogen and oxygen atoms in total. The van der Waals surface area contributed by atoms with Gasteiger partial charge in [0.2, 0.25) is 0 Å². The monoisotopic (exact) mass is 317 g/mol. The Bertz CT molecular complexity index is 641. The van der Waals surface area contributed by atoms with Crippen molar-refractivity contribution >= 4 is 33.1 Å². The molecule has 1 heterocycles. The molecule has 0 atom stereocenters. The van der Waals surface area contributed by atoms with Gasteiger partial charge in [0, 0.05) is 6.26 Å². The minimum absolute atomic E-state index is 0.0958. The van der Waals surface area contributed by atoms with Gasteiger partial charge in [-0.3, -0.25) is 4.79 Å². The summed E-state index contributed by atoms with van der Waals surface area (Å²) in [6.07, 6.45) is 3.38. The Kier molecular flexibility index (Phi) is 3.88. The summed E-state index contributed by atoms with van der Waals surface area (Å²) in [5.74, 6) is -1.57. The van der Waals surface area contributed by atoms with Gasteiger partial charge in [0.15, 0.2) is 9.84 Å². The van der Waals surface area contributed by atoms with Crippen molar-refractivity contribution in [3.63, 3.8) is 0 Å². The highest BCUT2D eigenvalue weighted by Crippen LogP contribution is 2.31. The summed E-state index contributed by atoms with van der Waals surface area (Å²) in [5.41, 5.74) is -1.22. The van der Waals surface area contributed by atoms with E-state index in [9.17, 15) is 23.1 Å². The van der Waals surface area contributed by atoms with E-state index in [0.29, 0.717) is 12.8 Å². The van der Waals surface area contributed by atoms with Crippen LogP contribution in [0.4, 0.5) is 0 Å². The highest BCUT2D eigenvalue weighted by atomic mass is 32.2. The first-order chi connectivity index (χ1) is 9.24. The topological polar surface area (TPSA) is 101 Å². The molecule has 0 aliphatic heterocycles. The second-order valence-corrected chi connectivity index (χ2v) is 8.27. The van der Waals surface area contributed by atoms with Crippen molar-refractivity contribution < 1.29 is 23.1 Å². The Morgan fingerprint density at radius 3 is 2.35 bits per heavy atom.